The maximum absolute atomic E-state index is 13.1. The second kappa shape index (κ2) is 4.18. The van der Waals surface area contributed by atoms with Gasteiger partial charge in [-0.25, -0.2) is 16.8 Å². The van der Waals surface area contributed by atoms with Crippen LogP contribution in [0.4, 0.5) is 0 Å². The van der Waals surface area contributed by atoms with Crippen molar-refractivity contribution in [1.82, 2.24) is 3.71 Å². The largest absolute Gasteiger partial charge is 0.258 e. The van der Waals surface area contributed by atoms with Gasteiger partial charge in [-0.15, -0.1) is 0 Å². The summed E-state index contributed by atoms with van der Waals surface area (Å²) < 4.78 is 53.2. The van der Waals surface area contributed by atoms with Gasteiger partial charge in [-0.05, 0) is 68.4 Å². The lowest BCUT2D eigenvalue weighted by molar-refractivity contribution is -0.0337. The summed E-state index contributed by atoms with van der Waals surface area (Å²) in [7, 11) is -7.94. The molecular weight excluding hydrogens is 334 g/mol. The SMILES string of the molecule is O=S1(=O)c2ccccc2S(=O)(=O)N1C12CC3CC(CC(C3)C1)C2. The molecular formula is C16H19NO4S2. The minimum Gasteiger partial charge on any atom is -0.206 e. The van der Waals surface area contributed by atoms with Crippen LogP contribution in [-0.4, -0.2) is 26.1 Å². The zero-order chi connectivity index (χ0) is 16.0. The lowest BCUT2D eigenvalue weighted by atomic mass is 9.53. The highest BCUT2D eigenvalue weighted by Gasteiger charge is 2.63. The molecule has 0 aromatic heterocycles. The molecule has 0 spiro atoms. The molecule has 7 heteroatoms. The van der Waals surface area contributed by atoms with E-state index in [0.29, 0.717) is 37.0 Å². The number of hydrogen-bond donors (Lipinski definition) is 0. The third-order valence-corrected chi connectivity index (χ3v) is 11.0. The molecule has 0 atom stereocenters. The van der Waals surface area contributed by atoms with Crippen molar-refractivity contribution in [3.05, 3.63) is 24.3 Å². The number of benzene rings is 1. The van der Waals surface area contributed by atoms with Crippen molar-refractivity contribution in [3.8, 4) is 0 Å². The molecule has 1 aromatic rings. The molecule has 4 aliphatic carbocycles. The van der Waals surface area contributed by atoms with Crippen molar-refractivity contribution in [2.24, 2.45) is 17.8 Å². The highest BCUT2D eigenvalue weighted by molar-refractivity contribution is 8.06. The van der Waals surface area contributed by atoms with Crippen molar-refractivity contribution in [2.75, 3.05) is 0 Å². The minimum absolute atomic E-state index is 0.0456. The van der Waals surface area contributed by atoms with Crippen LogP contribution in [0.3, 0.4) is 0 Å². The predicted molar refractivity (Wildman–Crippen MR) is 83.6 cm³/mol. The van der Waals surface area contributed by atoms with Crippen LogP contribution in [0.15, 0.2) is 34.1 Å². The van der Waals surface area contributed by atoms with Gasteiger partial charge in [0.15, 0.2) is 0 Å². The highest BCUT2D eigenvalue weighted by Crippen LogP contribution is 2.60. The fraction of sp³-hybridized carbons (Fsp3) is 0.625. The summed E-state index contributed by atoms with van der Waals surface area (Å²) in [4.78, 5) is -0.0912. The maximum Gasteiger partial charge on any atom is 0.258 e. The Labute approximate surface area is 136 Å². The normalized spacial score (nSPS) is 42.7. The summed E-state index contributed by atoms with van der Waals surface area (Å²) in [5.41, 5.74) is -0.717. The Kier molecular flexibility index (Phi) is 2.62. The number of rotatable bonds is 1. The van der Waals surface area contributed by atoms with E-state index in [0.717, 1.165) is 23.0 Å². The lowest BCUT2D eigenvalue weighted by Gasteiger charge is -2.58. The van der Waals surface area contributed by atoms with Crippen molar-refractivity contribution >= 4 is 20.0 Å². The molecule has 5 aliphatic rings. The molecule has 23 heavy (non-hydrogen) atoms. The van der Waals surface area contributed by atoms with E-state index >= 15 is 0 Å². The molecule has 124 valence electrons. The topological polar surface area (TPSA) is 71.5 Å². The summed E-state index contributed by atoms with van der Waals surface area (Å²) in [5, 5.41) is 0. The van der Waals surface area contributed by atoms with Gasteiger partial charge in [0, 0.05) is 0 Å². The zero-order valence-corrected chi connectivity index (χ0v) is 14.3. The van der Waals surface area contributed by atoms with Gasteiger partial charge in [-0.2, -0.15) is 0 Å². The quantitative estimate of drug-likeness (QED) is 0.777. The average Bonchev–Trinajstić information content (AvgIpc) is 2.61. The number of hydrogen-bond acceptors (Lipinski definition) is 4. The van der Waals surface area contributed by atoms with Crippen molar-refractivity contribution in [3.63, 3.8) is 0 Å². The van der Waals surface area contributed by atoms with E-state index in [9.17, 15) is 16.8 Å². The molecule has 0 unspecified atom stereocenters. The van der Waals surface area contributed by atoms with Crippen LogP contribution in [-0.2, 0) is 20.0 Å². The molecule has 0 amide bonds. The van der Waals surface area contributed by atoms with Crippen LogP contribution in [0.25, 0.3) is 0 Å². The molecule has 6 rings (SSSR count). The van der Waals surface area contributed by atoms with Crippen LogP contribution in [0, 0.1) is 17.8 Å². The lowest BCUT2D eigenvalue weighted by Crippen LogP contribution is -2.61. The number of fused-ring (bicyclic) bond motifs is 1. The van der Waals surface area contributed by atoms with Gasteiger partial charge in [-0.1, -0.05) is 15.8 Å². The Hall–Kier alpha value is -0.920. The van der Waals surface area contributed by atoms with Crippen LogP contribution >= 0.6 is 0 Å². The van der Waals surface area contributed by atoms with Crippen LogP contribution in [0.2, 0.25) is 0 Å². The van der Waals surface area contributed by atoms with Crippen LogP contribution in [0.5, 0.6) is 0 Å². The molecule has 1 aromatic carbocycles. The van der Waals surface area contributed by atoms with Crippen molar-refractivity contribution in [1.29, 1.82) is 0 Å². The molecule has 0 radical (unpaired) electrons. The predicted octanol–water partition coefficient (Wildman–Crippen LogP) is 2.35. The smallest absolute Gasteiger partial charge is 0.206 e. The molecule has 0 N–H and O–H groups in total. The molecule has 1 aliphatic heterocycles. The first-order chi connectivity index (χ1) is 10.8. The van der Waals surface area contributed by atoms with Crippen LogP contribution < -0.4 is 0 Å². The van der Waals surface area contributed by atoms with E-state index < -0.39 is 25.6 Å². The van der Waals surface area contributed by atoms with Gasteiger partial charge >= 0.3 is 0 Å². The Morgan fingerprint density at radius 3 is 1.57 bits per heavy atom. The molecule has 1 heterocycles. The van der Waals surface area contributed by atoms with E-state index in [2.05, 4.69) is 0 Å². The van der Waals surface area contributed by atoms with E-state index in [4.69, 9.17) is 0 Å². The highest BCUT2D eigenvalue weighted by atomic mass is 32.3. The van der Waals surface area contributed by atoms with E-state index in [1.54, 1.807) is 12.1 Å². The third-order valence-electron chi connectivity index (χ3n) is 6.23. The Bertz CT molecular complexity index is 815. The van der Waals surface area contributed by atoms with Gasteiger partial charge in [0.1, 0.15) is 9.79 Å². The first kappa shape index (κ1) is 14.4. The van der Waals surface area contributed by atoms with Gasteiger partial charge < -0.3 is 0 Å². The van der Waals surface area contributed by atoms with E-state index in [-0.39, 0.29) is 9.79 Å². The molecule has 4 bridgehead atoms. The summed E-state index contributed by atoms with van der Waals surface area (Å²) in [5.74, 6) is 1.45. The number of sulfonamides is 2. The van der Waals surface area contributed by atoms with Crippen molar-refractivity contribution in [2.45, 2.75) is 53.9 Å². The van der Waals surface area contributed by atoms with Crippen LogP contribution in [0.1, 0.15) is 38.5 Å². The van der Waals surface area contributed by atoms with Gasteiger partial charge in [0.05, 0.1) is 5.54 Å². The first-order valence-electron chi connectivity index (χ1n) is 8.23. The molecule has 4 saturated carbocycles. The standard InChI is InChI=1S/C16H19NO4S2/c18-22(19)14-3-1-2-4-15(14)23(20,21)17(22)16-8-11-5-12(9-16)7-13(6-11)10-16/h1-4,11-13H,5-10H2. The van der Waals surface area contributed by atoms with Gasteiger partial charge in [-0.3, -0.25) is 0 Å². The Morgan fingerprint density at radius 2 is 1.17 bits per heavy atom. The van der Waals surface area contributed by atoms with Gasteiger partial charge in [0.25, 0.3) is 20.0 Å². The Balaban J connectivity index is 1.73. The summed E-state index contributed by atoms with van der Waals surface area (Å²) >= 11 is 0. The zero-order valence-electron chi connectivity index (χ0n) is 12.7. The molecule has 5 nitrogen and oxygen atoms in total. The van der Waals surface area contributed by atoms with E-state index in [1.165, 1.54) is 12.1 Å². The summed E-state index contributed by atoms with van der Waals surface area (Å²) in [6.07, 6.45) is 5.52. The maximum atomic E-state index is 13.1. The second-order valence-electron chi connectivity index (χ2n) is 7.80. The fourth-order valence-electron chi connectivity index (χ4n) is 5.98. The second-order valence-corrected chi connectivity index (χ2v) is 11.5. The number of nitrogens with zero attached hydrogens (tertiary/aromatic N) is 1. The minimum atomic E-state index is -3.97. The third kappa shape index (κ3) is 1.71. The first-order valence-corrected chi connectivity index (χ1v) is 11.1. The average molecular weight is 353 g/mol. The monoisotopic (exact) mass is 353 g/mol. The van der Waals surface area contributed by atoms with Gasteiger partial charge in [0.2, 0.25) is 0 Å². The fourth-order valence-corrected chi connectivity index (χ4v) is 11.1. The summed E-state index contributed by atoms with van der Waals surface area (Å²) in [6.45, 7) is 0. The van der Waals surface area contributed by atoms with Crippen molar-refractivity contribution < 1.29 is 16.8 Å². The molecule has 0 saturated heterocycles. The van der Waals surface area contributed by atoms with E-state index in [1.807, 2.05) is 0 Å². The summed E-state index contributed by atoms with van der Waals surface area (Å²) in [6, 6.07) is 6.02. The molecule has 4 fully saturated rings. The Morgan fingerprint density at radius 1 is 0.783 bits per heavy atom.